The van der Waals surface area contributed by atoms with Crippen molar-refractivity contribution in [3.63, 3.8) is 0 Å². The molecule has 0 bridgehead atoms. The van der Waals surface area contributed by atoms with E-state index in [1.54, 1.807) is 0 Å². The van der Waals surface area contributed by atoms with Crippen molar-refractivity contribution < 1.29 is 14.1 Å². The highest BCUT2D eigenvalue weighted by Crippen LogP contribution is 2.29. The first kappa shape index (κ1) is 14.7. The molecule has 0 aliphatic carbocycles. The summed E-state index contributed by atoms with van der Waals surface area (Å²) in [5.41, 5.74) is 0.0476. The molecule has 0 N–H and O–H groups in total. The second-order valence-corrected chi connectivity index (χ2v) is 5.18. The van der Waals surface area contributed by atoms with Gasteiger partial charge in [-0.2, -0.15) is 0 Å². The van der Waals surface area contributed by atoms with Crippen molar-refractivity contribution in [2.45, 2.75) is 6.61 Å². The number of nitro groups is 1. The van der Waals surface area contributed by atoms with Gasteiger partial charge in [0.2, 0.25) is 0 Å². The Morgan fingerprint density at radius 2 is 2.10 bits per heavy atom. The minimum absolute atomic E-state index is 0.00593. The van der Waals surface area contributed by atoms with Crippen LogP contribution in [0.25, 0.3) is 0 Å². The zero-order valence-corrected chi connectivity index (χ0v) is 12.3. The quantitative estimate of drug-likeness (QED) is 0.585. The molecular weight excluding hydrogens is 353 g/mol. The van der Waals surface area contributed by atoms with Crippen LogP contribution < -0.4 is 4.74 Å². The first-order valence-electron chi connectivity index (χ1n) is 5.48. The van der Waals surface area contributed by atoms with Crippen LogP contribution in [0.4, 0.5) is 10.1 Å². The molecule has 104 valence electrons. The maximum Gasteiger partial charge on any atom is 0.277 e. The van der Waals surface area contributed by atoms with E-state index in [0.717, 1.165) is 0 Å². The molecule has 0 saturated carbocycles. The third-order valence-electron chi connectivity index (χ3n) is 2.56. The largest absolute Gasteiger partial charge is 0.485 e. The minimum Gasteiger partial charge on any atom is -0.485 e. The highest BCUT2D eigenvalue weighted by atomic mass is 79.9. The maximum absolute atomic E-state index is 13.5. The lowest BCUT2D eigenvalue weighted by molar-refractivity contribution is -0.385. The molecule has 0 aliphatic rings. The van der Waals surface area contributed by atoms with Gasteiger partial charge in [-0.05, 0) is 24.3 Å². The van der Waals surface area contributed by atoms with Crippen molar-refractivity contribution in [3.8, 4) is 5.75 Å². The zero-order valence-electron chi connectivity index (χ0n) is 9.98. The van der Waals surface area contributed by atoms with Gasteiger partial charge in [0.1, 0.15) is 6.61 Å². The van der Waals surface area contributed by atoms with Gasteiger partial charge >= 0.3 is 0 Å². The predicted octanol–water partition coefficient (Wildman–Crippen LogP) is 4.73. The fraction of sp³-hybridized carbons (Fsp3) is 0.0769. The molecular formula is C13H8BrClFNO3. The van der Waals surface area contributed by atoms with E-state index in [2.05, 4.69) is 15.9 Å². The van der Waals surface area contributed by atoms with Gasteiger partial charge in [-0.15, -0.1) is 0 Å². The van der Waals surface area contributed by atoms with Crippen LogP contribution >= 0.6 is 27.5 Å². The number of nitro benzene ring substituents is 1. The van der Waals surface area contributed by atoms with E-state index in [0.29, 0.717) is 4.47 Å². The molecule has 0 fully saturated rings. The molecule has 0 heterocycles. The Hall–Kier alpha value is -1.66. The number of rotatable bonds is 4. The summed E-state index contributed by atoms with van der Waals surface area (Å²) in [5.74, 6) is -0.559. The summed E-state index contributed by atoms with van der Waals surface area (Å²) in [7, 11) is 0. The average molecular weight is 361 g/mol. The summed E-state index contributed by atoms with van der Waals surface area (Å²) in [6.45, 7) is -0.191. The molecule has 0 unspecified atom stereocenters. The van der Waals surface area contributed by atoms with Crippen LogP contribution in [0.1, 0.15) is 5.56 Å². The van der Waals surface area contributed by atoms with E-state index in [9.17, 15) is 14.5 Å². The summed E-state index contributed by atoms with van der Waals surface area (Å²) in [4.78, 5) is 10.4. The molecule has 7 heteroatoms. The first-order valence-corrected chi connectivity index (χ1v) is 6.66. The van der Waals surface area contributed by atoms with E-state index >= 15 is 0 Å². The van der Waals surface area contributed by atoms with Crippen LogP contribution in [0.3, 0.4) is 0 Å². The number of hydrogen-bond acceptors (Lipinski definition) is 3. The van der Waals surface area contributed by atoms with Gasteiger partial charge in [0, 0.05) is 10.5 Å². The van der Waals surface area contributed by atoms with Gasteiger partial charge < -0.3 is 4.74 Å². The third-order valence-corrected chi connectivity index (χ3v) is 3.40. The molecule has 0 atom stereocenters. The van der Waals surface area contributed by atoms with E-state index in [4.69, 9.17) is 16.3 Å². The SMILES string of the molecule is O=[N+]([O-])c1cccc(Cl)c1COc1cc(Br)ccc1F. The van der Waals surface area contributed by atoms with Gasteiger partial charge in [-0.1, -0.05) is 33.6 Å². The molecule has 0 aliphatic heterocycles. The molecule has 0 amide bonds. The predicted molar refractivity (Wildman–Crippen MR) is 76.5 cm³/mol. The average Bonchev–Trinajstić information content (AvgIpc) is 2.40. The van der Waals surface area contributed by atoms with Crippen LogP contribution in [0.5, 0.6) is 5.75 Å². The van der Waals surface area contributed by atoms with Crippen LogP contribution in [0.2, 0.25) is 5.02 Å². The van der Waals surface area contributed by atoms with Crippen LogP contribution in [0, 0.1) is 15.9 Å². The van der Waals surface area contributed by atoms with E-state index in [-0.39, 0.29) is 28.6 Å². The second kappa shape index (κ2) is 6.19. The molecule has 4 nitrogen and oxygen atoms in total. The number of hydrogen-bond donors (Lipinski definition) is 0. The molecule has 2 rings (SSSR count). The third kappa shape index (κ3) is 3.26. The first-order chi connectivity index (χ1) is 9.49. The summed E-state index contributed by atoms with van der Waals surface area (Å²) in [5, 5.41) is 11.1. The lowest BCUT2D eigenvalue weighted by atomic mass is 10.2. The fourth-order valence-electron chi connectivity index (χ4n) is 1.60. The molecule has 0 saturated heterocycles. The van der Waals surface area contributed by atoms with Crippen molar-refractivity contribution in [2.24, 2.45) is 0 Å². The molecule has 2 aromatic rings. The van der Waals surface area contributed by atoms with Gasteiger partial charge in [-0.3, -0.25) is 10.1 Å². The van der Waals surface area contributed by atoms with Crippen molar-refractivity contribution in [2.75, 3.05) is 0 Å². The summed E-state index contributed by atoms with van der Waals surface area (Å²) >= 11 is 9.12. The van der Waals surface area contributed by atoms with Gasteiger partial charge in [0.15, 0.2) is 11.6 Å². The van der Waals surface area contributed by atoms with Crippen molar-refractivity contribution in [1.29, 1.82) is 0 Å². The molecule has 20 heavy (non-hydrogen) atoms. The second-order valence-electron chi connectivity index (χ2n) is 3.86. The van der Waals surface area contributed by atoms with Gasteiger partial charge in [0.05, 0.1) is 15.5 Å². The van der Waals surface area contributed by atoms with E-state index in [1.807, 2.05) is 0 Å². The number of ether oxygens (including phenoxy) is 1. The lowest BCUT2D eigenvalue weighted by Crippen LogP contribution is -2.02. The minimum atomic E-state index is -0.554. The van der Waals surface area contributed by atoms with Crippen molar-refractivity contribution >= 4 is 33.2 Å². The number of benzene rings is 2. The standard InChI is InChI=1S/C13H8BrClFNO3/c14-8-4-5-11(16)13(6-8)20-7-9-10(15)2-1-3-12(9)17(18)19/h1-6H,7H2. The summed E-state index contributed by atoms with van der Waals surface area (Å²) in [6, 6.07) is 8.52. The summed E-state index contributed by atoms with van der Waals surface area (Å²) in [6.07, 6.45) is 0. The Kier molecular flexibility index (Phi) is 4.57. The highest BCUT2D eigenvalue weighted by molar-refractivity contribution is 9.10. The summed E-state index contributed by atoms with van der Waals surface area (Å²) < 4.78 is 19.4. The number of nitrogens with zero attached hydrogens (tertiary/aromatic N) is 1. The van der Waals surface area contributed by atoms with Gasteiger partial charge in [0.25, 0.3) is 5.69 Å². The zero-order chi connectivity index (χ0) is 14.7. The Labute approximate surface area is 127 Å². The van der Waals surface area contributed by atoms with Crippen LogP contribution in [-0.4, -0.2) is 4.92 Å². The monoisotopic (exact) mass is 359 g/mol. The maximum atomic E-state index is 13.5. The Morgan fingerprint density at radius 3 is 2.80 bits per heavy atom. The number of halogens is 3. The van der Waals surface area contributed by atoms with Gasteiger partial charge in [-0.25, -0.2) is 4.39 Å². The van der Waals surface area contributed by atoms with Crippen molar-refractivity contribution in [3.05, 3.63) is 67.4 Å². The Bertz CT molecular complexity index is 666. The lowest BCUT2D eigenvalue weighted by Gasteiger charge is -2.09. The van der Waals surface area contributed by atoms with E-state index < -0.39 is 10.7 Å². The molecule has 2 aromatic carbocycles. The van der Waals surface area contributed by atoms with E-state index in [1.165, 1.54) is 36.4 Å². The molecule has 0 spiro atoms. The Balaban J connectivity index is 2.27. The molecule has 0 radical (unpaired) electrons. The topological polar surface area (TPSA) is 52.4 Å². The molecule has 0 aromatic heterocycles. The fourth-order valence-corrected chi connectivity index (χ4v) is 2.16. The van der Waals surface area contributed by atoms with Crippen molar-refractivity contribution in [1.82, 2.24) is 0 Å². The normalized spacial score (nSPS) is 10.3. The highest BCUT2D eigenvalue weighted by Gasteiger charge is 2.17. The Morgan fingerprint density at radius 1 is 1.35 bits per heavy atom. The van der Waals surface area contributed by atoms with Crippen LogP contribution in [-0.2, 0) is 6.61 Å². The smallest absolute Gasteiger partial charge is 0.277 e. The van der Waals surface area contributed by atoms with Crippen LogP contribution in [0.15, 0.2) is 40.9 Å².